The van der Waals surface area contributed by atoms with Crippen LogP contribution >= 0.6 is 15.9 Å². The molecule has 3 rings (SSSR count). The van der Waals surface area contributed by atoms with Crippen molar-refractivity contribution in [3.8, 4) is 5.69 Å². The fourth-order valence-corrected chi connectivity index (χ4v) is 2.17. The van der Waals surface area contributed by atoms with Crippen LogP contribution in [0.1, 0.15) is 5.56 Å². The lowest BCUT2D eigenvalue weighted by molar-refractivity contribution is 0.282. The predicted molar refractivity (Wildman–Crippen MR) is 70.3 cm³/mol. The van der Waals surface area contributed by atoms with Crippen molar-refractivity contribution in [2.45, 2.75) is 6.61 Å². The van der Waals surface area contributed by atoms with Gasteiger partial charge >= 0.3 is 0 Å². The minimum atomic E-state index is 0.0130. The van der Waals surface area contributed by atoms with Gasteiger partial charge in [-0.15, -0.1) is 0 Å². The highest BCUT2D eigenvalue weighted by molar-refractivity contribution is 9.10. The second-order valence-electron chi connectivity index (χ2n) is 3.78. The minimum absolute atomic E-state index is 0.0130. The third kappa shape index (κ3) is 1.79. The van der Waals surface area contributed by atoms with Crippen molar-refractivity contribution in [2.24, 2.45) is 0 Å². The fraction of sp³-hybridized carbons (Fsp3) is 0.0833. The molecule has 18 heavy (non-hydrogen) atoms. The molecule has 0 aliphatic rings. The van der Waals surface area contributed by atoms with E-state index in [2.05, 4.69) is 30.9 Å². The monoisotopic (exact) mass is 304 g/mol. The van der Waals surface area contributed by atoms with Crippen LogP contribution in [0.2, 0.25) is 0 Å². The number of aliphatic hydroxyl groups excluding tert-OH is 1. The Hall–Kier alpha value is -1.79. The van der Waals surface area contributed by atoms with Crippen LogP contribution in [0.4, 0.5) is 0 Å². The number of imidazole rings is 1. The molecule has 1 N–H and O–H groups in total. The first kappa shape index (κ1) is 11.3. The lowest BCUT2D eigenvalue weighted by Crippen LogP contribution is -1.95. The third-order valence-electron chi connectivity index (χ3n) is 2.66. The quantitative estimate of drug-likeness (QED) is 0.736. The summed E-state index contributed by atoms with van der Waals surface area (Å²) in [5.74, 6) is 0. The number of aliphatic hydroxyl groups is 1. The highest BCUT2D eigenvalue weighted by Crippen LogP contribution is 2.21. The maximum atomic E-state index is 9.16. The molecule has 2 heterocycles. The molecule has 0 spiro atoms. The summed E-state index contributed by atoms with van der Waals surface area (Å²) in [5.41, 5.74) is 3.20. The van der Waals surface area contributed by atoms with Gasteiger partial charge in [-0.05, 0) is 33.6 Å². The summed E-state index contributed by atoms with van der Waals surface area (Å²) in [6.07, 6.45) is 3.18. The normalized spacial score (nSPS) is 11.0. The molecule has 0 saturated heterocycles. The molecule has 0 aliphatic heterocycles. The van der Waals surface area contributed by atoms with E-state index in [-0.39, 0.29) is 6.61 Å². The molecule has 1 aromatic carbocycles. The summed E-state index contributed by atoms with van der Waals surface area (Å²) in [4.78, 5) is 12.5. The Labute approximate surface area is 111 Å². The van der Waals surface area contributed by atoms with Crippen LogP contribution in [0, 0.1) is 0 Å². The number of aromatic nitrogens is 4. The van der Waals surface area contributed by atoms with E-state index in [1.54, 1.807) is 6.33 Å². The highest BCUT2D eigenvalue weighted by atomic mass is 79.9. The van der Waals surface area contributed by atoms with Gasteiger partial charge in [-0.3, -0.25) is 4.57 Å². The van der Waals surface area contributed by atoms with Crippen LogP contribution in [0.3, 0.4) is 0 Å². The van der Waals surface area contributed by atoms with E-state index < -0.39 is 0 Å². The Morgan fingerprint density at radius 2 is 2.11 bits per heavy atom. The van der Waals surface area contributed by atoms with Gasteiger partial charge in [0.15, 0.2) is 5.65 Å². The molecular weight excluding hydrogens is 296 g/mol. The zero-order valence-electron chi connectivity index (χ0n) is 9.29. The van der Waals surface area contributed by atoms with Crippen LogP contribution in [0.25, 0.3) is 16.9 Å². The Balaban J connectivity index is 2.22. The van der Waals surface area contributed by atoms with Crippen molar-refractivity contribution >= 4 is 27.1 Å². The summed E-state index contributed by atoms with van der Waals surface area (Å²) >= 11 is 3.34. The summed E-state index contributed by atoms with van der Waals surface area (Å²) < 4.78 is 2.53. The number of halogens is 1. The second-order valence-corrected chi connectivity index (χ2v) is 4.53. The SMILES string of the molecule is OCc1cccc(-n2cnc3c(Br)ncnc32)c1. The fourth-order valence-electron chi connectivity index (χ4n) is 1.80. The topological polar surface area (TPSA) is 63.8 Å². The molecule has 0 amide bonds. The lowest BCUT2D eigenvalue weighted by Gasteiger charge is -2.05. The Morgan fingerprint density at radius 1 is 1.22 bits per heavy atom. The standard InChI is InChI=1S/C12H9BrN4O/c13-11-10-12(15-6-14-11)17(7-16-10)9-3-1-2-8(4-9)5-18/h1-4,6-7,18H,5H2. The van der Waals surface area contributed by atoms with E-state index in [1.165, 1.54) is 6.33 Å². The van der Waals surface area contributed by atoms with E-state index in [9.17, 15) is 0 Å². The van der Waals surface area contributed by atoms with E-state index in [0.29, 0.717) is 10.1 Å². The Kier molecular flexibility index (Phi) is 2.81. The zero-order valence-corrected chi connectivity index (χ0v) is 10.9. The van der Waals surface area contributed by atoms with Gasteiger partial charge < -0.3 is 5.11 Å². The van der Waals surface area contributed by atoms with E-state index >= 15 is 0 Å². The maximum Gasteiger partial charge on any atom is 0.168 e. The van der Waals surface area contributed by atoms with Gasteiger partial charge in [0, 0.05) is 5.69 Å². The van der Waals surface area contributed by atoms with Crippen molar-refractivity contribution < 1.29 is 5.11 Å². The van der Waals surface area contributed by atoms with Gasteiger partial charge in [0.2, 0.25) is 0 Å². The molecule has 0 radical (unpaired) electrons. The first-order chi connectivity index (χ1) is 8.79. The average molecular weight is 305 g/mol. The molecule has 3 aromatic rings. The van der Waals surface area contributed by atoms with Crippen molar-refractivity contribution in [3.63, 3.8) is 0 Å². The molecule has 0 fully saturated rings. The Morgan fingerprint density at radius 3 is 2.94 bits per heavy atom. The Bertz CT molecular complexity index is 710. The van der Waals surface area contributed by atoms with Gasteiger partial charge in [0.25, 0.3) is 0 Å². The van der Waals surface area contributed by atoms with Crippen LogP contribution in [-0.4, -0.2) is 24.6 Å². The maximum absolute atomic E-state index is 9.16. The molecule has 6 heteroatoms. The molecule has 0 unspecified atom stereocenters. The molecule has 2 aromatic heterocycles. The zero-order chi connectivity index (χ0) is 12.5. The summed E-state index contributed by atoms with van der Waals surface area (Å²) in [6, 6.07) is 7.60. The highest BCUT2D eigenvalue weighted by Gasteiger charge is 2.09. The van der Waals surface area contributed by atoms with Crippen LogP contribution < -0.4 is 0 Å². The van der Waals surface area contributed by atoms with Crippen LogP contribution in [-0.2, 0) is 6.61 Å². The first-order valence-electron chi connectivity index (χ1n) is 5.33. The van der Waals surface area contributed by atoms with Gasteiger partial charge in [-0.2, -0.15) is 0 Å². The van der Waals surface area contributed by atoms with Gasteiger partial charge in [0.05, 0.1) is 6.61 Å². The first-order valence-corrected chi connectivity index (χ1v) is 6.12. The minimum Gasteiger partial charge on any atom is -0.392 e. The molecule has 0 atom stereocenters. The molecule has 5 nitrogen and oxygen atoms in total. The van der Waals surface area contributed by atoms with Crippen molar-refractivity contribution in [1.29, 1.82) is 0 Å². The number of rotatable bonds is 2. The lowest BCUT2D eigenvalue weighted by atomic mass is 10.2. The number of nitrogens with zero attached hydrogens (tertiary/aromatic N) is 4. The van der Waals surface area contributed by atoms with Crippen molar-refractivity contribution in [1.82, 2.24) is 19.5 Å². The molecule has 0 saturated carbocycles. The number of hydrogen-bond acceptors (Lipinski definition) is 4. The van der Waals surface area contributed by atoms with E-state index in [4.69, 9.17) is 5.11 Å². The number of fused-ring (bicyclic) bond motifs is 1. The molecular formula is C12H9BrN4O. The second kappa shape index (κ2) is 4.47. The van der Waals surface area contributed by atoms with Gasteiger partial charge in [0.1, 0.15) is 22.8 Å². The summed E-state index contributed by atoms with van der Waals surface area (Å²) in [7, 11) is 0. The summed E-state index contributed by atoms with van der Waals surface area (Å²) in [6.45, 7) is 0.0130. The van der Waals surface area contributed by atoms with Gasteiger partial charge in [-0.25, -0.2) is 15.0 Å². The van der Waals surface area contributed by atoms with Gasteiger partial charge in [-0.1, -0.05) is 12.1 Å². The van der Waals surface area contributed by atoms with E-state index in [1.807, 2.05) is 28.8 Å². The smallest absolute Gasteiger partial charge is 0.168 e. The molecule has 0 aliphatic carbocycles. The molecule has 90 valence electrons. The van der Waals surface area contributed by atoms with Crippen molar-refractivity contribution in [2.75, 3.05) is 0 Å². The number of benzene rings is 1. The summed E-state index contributed by atoms with van der Waals surface area (Å²) in [5, 5.41) is 9.16. The van der Waals surface area contributed by atoms with Crippen LogP contribution in [0.5, 0.6) is 0 Å². The van der Waals surface area contributed by atoms with Crippen molar-refractivity contribution in [3.05, 3.63) is 47.1 Å². The van der Waals surface area contributed by atoms with E-state index in [0.717, 1.165) is 16.9 Å². The number of hydrogen-bond donors (Lipinski definition) is 1. The average Bonchev–Trinajstić information content (AvgIpc) is 2.84. The largest absolute Gasteiger partial charge is 0.392 e. The molecule has 0 bridgehead atoms. The predicted octanol–water partition coefficient (Wildman–Crippen LogP) is 2.07. The van der Waals surface area contributed by atoms with Crippen LogP contribution in [0.15, 0.2) is 41.5 Å². The third-order valence-corrected chi connectivity index (χ3v) is 3.24.